The number of likely N-dealkylation sites (N-methyl/N-ethyl adjacent to an activating group) is 8. The third-order valence-corrected chi connectivity index (χ3v) is 3.98. The average Bonchev–Trinajstić information content (AvgIpc) is 2.63. The van der Waals surface area contributed by atoms with Crippen molar-refractivity contribution in [2.45, 2.75) is 0 Å². The fourth-order valence-corrected chi connectivity index (χ4v) is 1.60. The molecule has 0 aromatic heterocycles. The van der Waals surface area contributed by atoms with Gasteiger partial charge < -0.3 is 64.0 Å². The Labute approximate surface area is 295 Å². The van der Waals surface area contributed by atoms with Gasteiger partial charge in [-0.25, -0.2) is 0 Å². The van der Waals surface area contributed by atoms with Gasteiger partial charge in [0.25, 0.3) is 0 Å². The number of hydrogen-bond acceptors (Lipinski definition) is 8. The minimum atomic E-state index is 0. The molecule has 0 N–H and O–H groups in total. The summed E-state index contributed by atoms with van der Waals surface area (Å²) in [6.07, 6.45) is 0. The zero-order valence-corrected chi connectivity index (χ0v) is 32.5. The number of halogens is 2. The van der Waals surface area contributed by atoms with Crippen molar-refractivity contribution in [3.05, 3.63) is 0 Å². The molecule has 0 fully saturated rings. The van der Waals surface area contributed by atoms with Crippen molar-refractivity contribution >= 4 is 0 Å². The number of hydrogen-bond donors (Lipinski definition) is 0. The third-order valence-electron chi connectivity index (χ3n) is 3.98. The van der Waals surface area contributed by atoms with Gasteiger partial charge in [-0.05, 0) is 113 Å². The molecule has 8 nitrogen and oxygen atoms in total. The van der Waals surface area contributed by atoms with Gasteiger partial charge in [0.1, 0.15) is 0 Å². The van der Waals surface area contributed by atoms with E-state index in [-0.39, 0.29) is 93.1 Å². The second-order valence-electron chi connectivity index (χ2n) is 10.4. The van der Waals surface area contributed by atoms with Gasteiger partial charge >= 0.3 is 0 Å². The smallest absolute Gasteiger partial charge is 0.0103 e. The molecule has 0 atom stereocenters. The molecule has 0 heterocycles. The van der Waals surface area contributed by atoms with Crippen molar-refractivity contribution < 1.29 is 93.1 Å². The second-order valence-corrected chi connectivity index (χ2v) is 10.4. The van der Waals surface area contributed by atoms with Crippen LogP contribution in [0.25, 0.3) is 0 Å². The Morgan fingerprint density at radius 2 is 0.263 bits per heavy atom. The maximum atomic E-state index is 2.18. The normalized spacial score (nSPS) is 9.47. The largest absolute Gasteiger partial charge is 1.00 e. The van der Waals surface area contributed by atoms with Gasteiger partial charge in [0.05, 0.1) is 0 Å². The molecule has 0 amide bonds. The van der Waals surface area contributed by atoms with E-state index >= 15 is 0 Å². The van der Waals surface area contributed by atoms with Crippen LogP contribution in [0.2, 0.25) is 0 Å². The molecule has 0 saturated heterocycles. The van der Waals surface area contributed by atoms with Crippen molar-refractivity contribution in [1.82, 2.24) is 39.2 Å². The molecule has 0 aliphatic rings. The predicted octanol–water partition coefficient (Wildman–Crippen LogP) is -5.56. The molecule has 0 rings (SSSR count). The van der Waals surface area contributed by atoms with Crippen molar-refractivity contribution in [2.24, 2.45) is 0 Å². The number of nitrogens with zero attached hydrogens (tertiary/aromatic N) is 8. The summed E-state index contributed by atoms with van der Waals surface area (Å²) in [5, 5.41) is 0. The summed E-state index contributed by atoms with van der Waals surface area (Å²) in [6, 6.07) is 0. The molecule has 0 aromatic carbocycles. The molecule has 0 spiro atoms. The third kappa shape index (κ3) is 107. The molecule has 4 radical (unpaired) electrons. The Morgan fingerprint density at radius 1 is 0.211 bits per heavy atom. The fraction of sp³-hybridized carbons (Fsp3) is 1.00. The summed E-state index contributed by atoms with van der Waals surface area (Å²) in [7, 11) is 33.4. The standard InChI is InChI=1S/4C6H16N2.2ClH.4Cu/c4*1-7(2)5-6-8(3)4;;;;;;/h4*5-6H2,1-4H3;2*1H;;;;/p-2. The van der Waals surface area contributed by atoms with Crippen LogP contribution in [0.15, 0.2) is 0 Å². The molecule has 260 valence electrons. The van der Waals surface area contributed by atoms with Crippen LogP contribution in [-0.4, -0.2) is 204 Å². The van der Waals surface area contributed by atoms with E-state index in [1.807, 2.05) is 0 Å². The summed E-state index contributed by atoms with van der Waals surface area (Å²) < 4.78 is 0. The van der Waals surface area contributed by atoms with Crippen LogP contribution in [0.5, 0.6) is 0 Å². The fourth-order valence-electron chi connectivity index (χ4n) is 1.60. The van der Waals surface area contributed by atoms with Gasteiger partial charge in [-0.1, -0.05) is 0 Å². The molecule has 0 bridgehead atoms. The predicted molar refractivity (Wildman–Crippen MR) is 148 cm³/mol. The zero-order chi connectivity index (χ0) is 26.3. The molecule has 0 aliphatic heterocycles. The summed E-state index contributed by atoms with van der Waals surface area (Å²) in [4.78, 5) is 17.4. The summed E-state index contributed by atoms with van der Waals surface area (Å²) in [6.45, 7) is 9.17. The topological polar surface area (TPSA) is 25.9 Å². The van der Waals surface area contributed by atoms with E-state index in [4.69, 9.17) is 0 Å². The van der Waals surface area contributed by atoms with Crippen molar-refractivity contribution in [1.29, 1.82) is 0 Å². The van der Waals surface area contributed by atoms with E-state index in [9.17, 15) is 0 Å². The van der Waals surface area contributed by atoms with Crippen LogP contribution in [0.4, 0.5) is 0 Å². The van der Waals surface area contributed by atoms with Crippen LogP contribution >= 0.6 is 0 Å². The van der Waals surface area contributed by atoms with Crippen LogP contribution < -0.4 is 24.8 Å². The first-order valence-electron chi connectivity index (χ1n) is 11.7. The minimum Gasteiger partial charge on any atom is -1.00 e. The Bertz CT molecular complexity index is 263. The molecule has 0 unspecified atom stereocenters. The maximum absolute atomic E-state index is 2.18. The van der Waals surface area contributed by atoms with Gasteiger partial charge in [-0.15, -0.1) is 0 Å². The van der Waals surface area contributed by atoms with E-state index in [0.717, 1.165) is 52.4 Å². The van der Waals surface area contributed by atoms with Crippen LogP contribution in [0.1, 0.15) is 0 Å². The van der Waals surface area contributed by atoms with Gasteiger partial charge in [-0.3, -0.25) is 0 Å². The first kappa shape index (κ1) is 67.8. The van der Waals surface area contributed by atoms with E-state index in [2.05, 4.69) is 152 Å². The molecule has 0 aromatic rings. The van der Waals surface area contributed by atoms with Crippen molar-refractivity contribution in [2.75, 3.05) is 165 Å². The van der Waals surface area contributed by atoms with E-state index in [1.54, 1.807) is 0 Å². The summed E-state index contributed by atoms with van der Waals surface area (Å²) in [5.41, 5.74) is 0. The maximum Gasteiger partial charge on any atom is 0.0103 e. The number of rotatable bonds is 12. The Balaban J connectivity index is -0.0000000327. The Hall–Kier alpha value is 2.34. The molecule has 38 heavy (non-hydrogen) atoms. The molecule has 0 aliphatic carbocycles. The molecular weight excluding hydrogens is 725 g/mol. The molecular formula is C24H64Cl2Cu4N8-2. The first-order valence-corrected chi connectivity index (χ1v) is 11.7. The summed E-state index contributed by atoms with van der Waals surface area (Å²) >= 11 is 0. The quantitative estimate of drug-likeness (QED) is 0.181. The van der Waals surface area contributed by atoms with Crippen LogP contribution in [0.3, 0.4) is 0 Å². The SMILES string of the molecule is CN(C)CCN(C)C.CN(C)CCN(C)C.CN(C)CCN(C)C.CN(C)CCN(C)C.[Cl-].[Cl-].[Cu].[Cu].[Cu].[Cu]. The van der Waals surface area contributed by atoms with Crippen LogP contribution in [0, 0.1) is 0 Å². The van der Waals surface area contributed by atoms with Gasteiger partial charge in [-0.2, -0.15) is 0 Å². The van der Waals surface area contributed by atoms with Crippen molar-refractivity contribution in [3.8, 4) is 0 Å². The van der Waals surface area contributed by atoms with E-state index in [1.165, 1.54) is 0 Å². The Kier molecular flexibility index (Phi) is 87.5. The average molecular weight is 790 g/mol. The second kappa shape index (κ2) is 49.0. The van der Waals surface area contributed by atoms with Gasteiger partial charge in [0.2, 0.25) is 0 Å². The Morgan fingerprint density at radius 3 is 0.289 bits per heavy atom. The molecule has 14 heteroatoms. The zero-order valence-electron chi connectivity index (χ0n) is 27.2. The monoisotopic (exact) mass is 786 g/mol. The van der Waals surface area contributed by atoms with Gasteiger partial charge in [0.15, 0.2) is 0 Å². The summed E-state index contributed by atoms with van der Waals surface area (Å²) in [5.74, 6) is 0. The van der Waals surface area contributed by atoms with E-state index in [0.29, 0.717) is 0 Å². The minimum absolute atomic E-state index is 0. The first-order chi connectivity index (χ1) is 14.5. The van der Waals surface area contributed by atoms with Crippen molar-refractivity contribution in [3.63, 3.8) is 0 Å². The van der Waals surface area contributed by atoms with Crippen LogP contribution in [-0.2, 0) is 68.3 Å². The van der Waals surface area contributed by atoms with E-state index < -0.39 is 0 Å². The molecule has 0 saturated carbocycles. The van der Waals surface area contributed by atoms with Gasteiger partial charge in [0, 0.05) is 121 Å².